The van der Waals surface area contributed by atoms with E-state index in [1.807, 2.05) is 58.0 Å². The highest BCUT2D eigenvalue weighted by atomic mass is 16.5. The van der Waals surface area contributed by atoms with Gasteiger partial charge in [0.05, 0.1) is 0 Å². The summed E-state index contributed by atoms with van der Waals surface area (Å²) >= 11 is 0. The molecule has 2 rings (SSSR count). The Morgan fingerprint density at radius 1 is 1.09 bits per heavy atom. The molecule has 0 heterocycles. The van der Waals surface area contributed by atoms with Crippen molar-refractivity contribution in [2.24, 2.45) is 0 Å². The van der Waals surface area contributed by atoms with E-state index in [9.17, 15) is 4.79 Å². The number of carbonyl (C=O) groups excluding carboxylic acids is 1. The molecule has 0 aromatic heterocycles. The summed E-state index contributed by atoms with van der Waals surface area (Å²) < 4.78 is 5.91. The van der Waals surface area contributed by atoms with Crippen LogP contribution in [-0.2, 0) is 11.3 Å². The van der Waals surface area contributed by atoms with Crippen LogP contribution in [0.2, 0.25) is 0 Å². The summed E-state index contributed by atoms with van der Waals surface area (Å²) in [6, 6.07) is 14.1. The van der Waals surface area contributed by atoms with Crippen LogP contribution in [0.25, 0.3) is 0 Å². The Balaban J connectivity index is 1.98. The van der Waals surface area contributed by atoms with E-state index in [1.54, 1.807) is 0 Å². The lowest BCUT2D eigenvalue weighted by Gasteiger charge is -2.19. The van der Waals surface area contributed by atoms with E-state index < -0.39 is 6.10 Å². The van der Waals surface area contributed by atoms with Gasteiger partial charge in [-0.2, -0.15) is 0 Å². The molecule has 3 heteroatoms. The fourth-order valence-electron chi connectivity index (χ4n) is 2.53. The Morgan fingerprint density at radius 2 is 1.83 bits per heavy atom. The van der Waals surface area contributed by atoms with E-state index in [4.69, 9.17) is 4.74 Å². The number of benzene rings is 2. The Labute approximate surface area is 138 Å². The number of aryl methyl sites for hydroxylation is 3. The van der Waals surface area contributed by atoms with Gasteiger partial charge < -0.3 is 10.1 Å². The number of hydrogen-bond donors (Lipinski definition) is 1. The number of rotatable bonds is 6. The zero-order valence-corrected chi connectivity index (χ0v) is 14.3. The molecule has 1 N–H and O–H groups in total. The summed E-state index contributed by atoms with van der Waals surface area (Å²) in [6.07, 6.45) is 0.161. The van der Waals surface area contributed by atoms with Crippen LogP contribution >= 0.6 is 0 Å². The minimum Gasteiger partial charge on any atom is -0.480 e. The molecule has 1 amide bonds. The third-order valence-electron chi connectivity index (χ3n) is 3.81. The van der Waals surface area contributed by atoms with E-state index >= 15 is 0 Å². The Hall–Kier alpha value is -2.29. The highest BCUT2D eigenvalue weighted by Crippen LogP contribution is 2.21. The molecule has 0 aliphatic rings. The smallest absolute Gasteiger partial charge is 0.261 e. The number of amides is 1. The summed E-state index contributed by atoms with van der Waals surface area (Å²) in [5, 5.41) is 2.96. The van der Waals surface area contributed by atoms with E-state index in [1.165, 1.54) is 11.1 Å². The van der Waals surface area contributed by atoms with Crippen molar-refractivity contribution >= 4 is 5.91 Å². The third-order valence-corrected chi connectivity index (χ3v) is 3.81. The van der Waals surface area contributed by atoms with E-state index in [0.717, 1.165) is 16.9 Å². The van der Waals surface area contributed by atoms with Crippen molar-refractivity contribution in [2.45, 2.75) is 46.8 Å². The molecule has 0 aliphatic heterocycles. The second kappa shape index (κ2) is 7.82. The van der Waals surface area contributed by atoms with Gasteiger partial charge in [-0.25, -0.2) is 0 Å². The molecule has 2 aromatic rings. The first-order chi connectivity index (χ1) is 11.0. The average Bonchev–Trinajstić information content (AvgIpc) is 2.52. The zero-order valence-electron chi connectivity index (χ0n) is 14.3. The minimum absolute atomic E-state index is 0.0750. The van der Waals surface area contributed by atoms with Gasteiger partial charge in [0.25, 0.3) is 5.91 Å². The maximum Gasteiger partial charge on any atom is 0.261 e. The molecule has 0 saturated heterocycles. The lowest BCUT2D eigenvalue weighted by atomic mass is 10.1. The molecule has 0 spiro atoms. The van der Waals surface area contributed by atoms with Gasteiger partial charge in [-0.15, -0.1) is 0 Å². The fourth-order valence-corrected chi connectivity index (χ4v) is 2.53. The van der Waals surface area contributed by atoms with Crippen LogP contribution in [0.4, 0.5) is 0 Å². The molecular weight excluding hydrogens is 286 g/mol. The van der Waals surface area contributed by atoms with Crippen molar-refractivity contribution in [3.63, 3.8) is 0 Å². The Kier molecular flexibility index (Phi) is 5.80. The van der Waals surface area contributed by atoms with Crippen molar-refractivity contribution < 1.29 is 9.53 Å². The van der Waals surface area contributed by atoms with Gasteiger partial charge in [-0.05, 0) is 44.4 Å². The molecule has 122 valence electrons. The van der Waals surface area contributed by atoms with Gasteiger partial charge in [-0.1, -0.05) is 54.4 Å². The monoisotopic (exact) mass is 311 g/mol. The topological polar surface area (TPSA) is 38.3 Å². The Bertz CT molecular complexity index is 679. The highest BCUT2D eigenvalue weighted by Gasteiger charge is 2.18. The molecule has 0 saturated carbocycles. The lowest BCUT2D eigenvalue weighted by Crippen LogP contribution is -2.37. The molecule has 0 fully saturated rings. The maximum absolute atomic E-state index is 12.4. The van der Waals surface area contributed by atoms with Gasteiger partial charge in [0.15, 0.2) is 6.10 Å². The van der Waals surface area contributed by atoms with Crippen LogP contribution in [-0.4, -0.2) is 12.0 Å². The summed E-state index contributed by atoms with van der Waals surface area (Å²) in [4.78, 5) is 12.4. The molecule has 23 heavy (non-hydrogen) atoms. The number of hydrogen-bond acceptors (Lipinski definition) is 2. The number of ether oxygens (including phenoxy) is 1. The number of carbonyl (C=O) groups is 1. The zero-order chi connectivity index (χ0) is 16.8. The lowest BCUT2D eigenvalue weighted by molar-refractivity contribution is -0.128. The van der Waals surface area contributed by atoms with Crippen molar-refractivity contribution in [3.8, 4) is 5.75 Å². The van der Waals surface area contributed by atoms with Gasteiger partial charge in [0, 0.05) is 6.54 Å². The largest absolute Gasteiger partial charge is 0.480 e. The van der Waals surface area contributed by atoms with Gasteiger partial charge in [0.1, 0.15) is 5.75 Å². The second-order valence-corrected chi connectivity index (χ2v) is 5.99. The first-order valence-electron chi connectivity index (χ1n) is 8.06. The third kappa shape index (κ3) is 4.85. The molecule has 1 unspecified atom stereocenters. The van der Waals surface area contributed by atoms with Gasteiger partial charge in [-0.3, -0.25) is 4.79 Å². The summed E-state index contributed by atoms with van der Waals surface area (Å²) in [7, 11) is 0. The van der Waals surface area contributed by atoms with Crippen LogP contribution in [0.15, 0.2) is 42.5 Å². The van der Waals surface area contributed by atoms with Gasteiger partial charge in [0.2, 0.25) is 0 Å². The fraction of sp³-hybridized carbons (Fsp3) is 0.350. The molecule has 1 atom stereocenters. The van der Waals surface area contributed by atoms with Crippen molar-refractivity contribution in [1.82, 2.24) is 5.32 Å². The SMILES string of the molecule is CCC(Oc1ccc(C)cc1C)C(=O)NCc1cccc(C)c1. The van der Waals surface area contributed by atoms with Crippen molar-refractivity contribution in [2.75, 3.05) is 0 Å². The molecule has 0 radical (unpaired) electrons. The van der Waals surface area contributed by atoms with Crippen LogP contribution in [0.1, 0.15) is 35.6 Å². The standard InChI is InChI=1S/C20H25NO2/c1-5-18(23-19-10-9-15(3)11-16(19)4)20(22)21-13-17-8-6-7-14(2)12-17/h6-12,18H,5,13H2,1-4H3,(H,21,22). The molecular formula is C20H25NO2. The van der Waals surface area contributed by atoms with Crippen LogP contribution < -0.4 is 10.1 Å². The van der Waals surface area contributed by atoms with E-state index in [0.29, 0.717) is 13.0 Å². The average molecular weight is 311 g/mol. The van der Waals surface area contributed by atoms with E-state index in [2.05, 4.69) is 17.4 Å². The summed E-state index contributed by atoms with van der Waals surface area (Å²) in [6.45, 7) is 8.57. The first kappa shape index (κ1) is 17.1. The Morgan fingerprint density at radius 3 is 2.48 bits per heavy atom. The van der Waals surface area contributed by atoms with Crippen LogP contribution in [0.5, 0.6) is 5.75 Å². The quantitative estimate of drug-likeness (QED) is 0.872. The molecule has 0 bridgehead atoms. The summed E-state index contributed by atoms with van der Waals surface area (Å²) in [5.74, 6) is 0.696. The van der Waals surface area contributed by atoms with Gasteiger partial charge >= 0.3 is 0 Å². The normalized spacial score (nSPS) is 11.8. The van der Waals surface area contributed by atoms with Crippen molar-refractivity contribution in [3.05, 3.63) is 64.7 Å². The maximum atomic E-state index is 12.4. The molecule has 2 aromatic carbocycles. The minimum atomic E-state index is -0.471. The molecule has 3 nitrogen and oxygen atoms in total. The van der Waals surface area contributed by atoms with Crippen LogP contribution in [0, 0.1) is 20.8 Å². The van der Waals surface area contributed by atoms with Crippen LogP contribution in [0.3, 0.4) is 0 Å². The second-order valence-electron chi connectivity index (χ2n) is 5.99. The first-order valence-corrected chi connectivity index (χ1v) is 8.06. The predicted molar refractivity (Wildman–Crippen MR) is 93.6 cm³/mol. The number of nitrogens with one attached hydrogen (secondary N) is 1. The predicted octanol–water partition coefficient (Wildman–Crippen LogP) is 4.09. The van der Waals surface area contributed by atoms with E-state index in [-0.39, 0.29) is 5.91 Å². The highest BCUT2D eigenvalue weighted by molar-refractivity contribution is 5.81. The summed E-state index contributed by atoms with van der Waals surface area (Å²) in [5.41, 5.74) is 4.52. The van der Waals surface area contributed by atoms with Crippen molar-refractivity contribution in [1.29, 1.82) is 0 Å². The molecule has 0 aliphatic carbocycles.